The highest BCUT2D eigenvalue weighted by Gasteiger charge is 2.07. The molecule has 0 atom stereocenters. The van der Waals surface area contributed by atoms with E-state index in [-0.39, 0.29) is 5.01 Å². The standard InChI is InChI=1S/C10H14N2O2S/c1-2-3-4-5-11-6-8-7-15-9(12-8)10(13)14/h2-3,7,11H,4-6H2,1H3,(H,13,14)/b3-2+. The zero-order chi connectivity index (χ0) is 11.1. The van der Waals surface area contributed by atoms with Gasteiger partial charge >= 0.3 is 5.97 Å². The maximum absolute atomic E-state index is 10.5. The van der Waals surface area contributed by atoms with Crippen LogP contribution in [-0.2, 0) is 6.54 Å². The van der Waals surface area contributed by atoms with Gasteiger partial charge in [0.25, 0.3) is 0 Å². The predicted molar refractivity (Wildman–Crippen MR) is 60.2 cm³/mol. The summed E-state index contributed by atoms with van der Waals surface area (Å²) in [4.78, 5) is 14.5. The van der Waals surface area contributed by atoms with Gasteiger partial charge in [-0.1, -0.05) is 12.2 Å². The van der Waals surface area contributed by atoms with Crippen LogP contribution in [0.4, 0.5) is 0 Å². The molecule has 4 nitrogen and oxygen atoms in total. The Hall–Kier alpha value is -1.20. The number of allylic oxidation sites excluding steroid dienone is 1. The normalized spacial score (nSPS) is 11.0. The van der Waals surface area contributed by atoms with E-state index >= 15 is 0 Å². The van der Waals surface area contributed by atoms with E-state index < -0.39 is 5.97 Å². The van der Waals surface area contributed by atoms with E-state index in [4.69, 9.17) is 5.11 Å². The van der Waals surface area contributed by atoms with E-state index in [2.05, 4.69) is 16.4 Å². The predicted octanol–water partition coefficient (Wildman–Crippen LogP) is 1.90. The van der Waals surface area contributed by atoms with Gasteiger partial charge in [-0.15, -0.1) is 11.3 Å². The molecule has 15 heavy (non-hydrogen) atoms. The second-order valence-electron chi connectivity index (χ2n) is 2.98. The summed E-state index contributed by atoms with van der Waals surface area (Å²) in [5.74, 6) is -0.958. The molecule has 0 spiro atoms. The van der Waals surface area contributed by atoms with E-state index in [0.29, 0.717) is 6.54 Å². The topological polar surface area (TPSA) is 62.2 Å². The minimum absolute atomic E-state index is 0.153. The molecule has 0 saturated heterocycles. The summed E-state index contributed by atoms with van der Waals surface area (Å²) in [6.45, 7) is 3.49. The lowest BCUT2D eigenvalue weighted by molar-refractivity contribution is 0.0696. The molecule has 0 fully saturated rings. The molecule has 0 aliphatic carbocycles. The number of hydrogen-bond acceptors (Lipinski definition) is 4. The Morgan fingerprint density at radius 1 is 1.73 bits per heavy atom. The van der Waals surface area contributed by atoms with Gasteiger partial charge in [-0.05, 0) is 19.9 Å². The first kappa shape index (κ1) is 11.9. The van der Waals surface area contributed by atoms with Crippen LogP contribution in [0.5, 0.6) is 0 Å². The molecular formula is C10H14N2O2S. The highest BCUT2D eigenvalue weighted by molar-refractivity contribution is 7.11. The zero-order valence-electron chi connectivity index (χ0n) is 8.56. The maximum Gasteiger partial charge on any atom is 0.365 e. The highest BCUT2D eigenvalue weighted by atomic mass is 32.1. The summed E-state index contributed by atoms with van der Waals surface area (Å²) in [7, 11) is 0. The average molecular weight is 226 g/mol. The Morgan fingerprint density at radius 2 is 2.53 bits per heavy atom. The lowest BCUT2D eigenvalue weighted by Gasteiger charge is -1.98. The van der Waals surface area contributed by atoms with Crippen LogP contribution in [0.15, 0.2) is 17.5 Å². The van der Waals surface area contributed by atoms with Crippen molar-refractivity contribution < 1.29 is 9.90 Å². The molecule has 0 unspecified atom stereocenters. The van der Waals surface area contributed by atoms with E-state index in [1.54, 1.807) is 5.38 Å². The number of hydrogen-bond donors (Lipinski definition) is 2. The molecule has 82 valence electrons. The number of carbonyl (C=O) groups is 1. The molecular weight excluding hydrogens is 212 g/mol. The number of aromatic nitrogens is 1. The van der Waals surface area contributed by atoms with Crippen molar-refractivity contribution in [3.63, 3.8) is 0 Å². The molecule has 0 bridgehead atoms. The number of nitrogens with one attached hydrogen (secondary N) is 1. The number of carboxylic acids is 1. The molecule has 0 aromatic carbocycles. The molecule has 5 heteroatoms. The largest absolute Gasteiger partial charge is 0.476 e. The molecule has 1 heterocycles. The third-order valence-corrected chi connectivity index (χ3v) is 2.64. The lowest BCUT2D eigenvalue weighted by atomic mass is 10.3. The molecule has 0 saturated carbocycles. The van der Waals surface area contributed by atoms with Gasteiger partial charge < -0.3 is 10.4 Å². The van der Waals surface area contributed by atoms with Crippen molar-refractivity contribution >= 4 is 17.3 Å². The van der Waals surface area contributed by atoms with Gasteiger partial charge in [0.1, 0.15) is 0 Å². The van der Waals surface area contributed by atoms with E-state index in [1.807, 2.05) is 13.0 Å². The lowest BCUT2D eigenvalue weighted by Crippen LogP contribution is -2.14. The number of rotatable bonds is 6. The monoisotopic (exact) mass is 226 g/mol. The van der Waals surface area contributed by atoms with Crippen LogP contribution < -0.4 is 5.32 Å². The van der Waals surface area contributed by atoms with Gasteiger partial charge in [-0.25, -0.2) is 9.78 Å². The number of thiazole rings is 1. The van der Waals surface area contributed by atoms with Crippen molar-refractivity contribution in [3.05, 3.63) is 28.2 Å². The van der Waals surface area contributed by atoms with Gasteiger partial charge in [-0.2, -0.15) is 0 Å². The number of carboxylic acid groups (broad SMARTS) is 1. The molecule has 1 rings (SSSR count). The van der Waals surface area contributed by atoms with E-state index in [9.17, 15) is 4.79 Å². The van der Waals surface area contributed by atoms with Crippen molar-refractivity contribution in [1.82, 2.24) is 10.3 Å². The van der Waals surface area contributed by atoms with Gasteiger partial charge in [0.05, 0.1) is 5.69 Å². The van der Waals surface area contributed by atoms with Crippen molar-refractivity contribution in [3.8, 4) is 0 Å². The van der Waals surface area contributed by atoms with Gasteiger partial charge in [0.2, 0.25) is 5.01 Å². The van der Waals surface area contributed by atoms with E-state index in [0.717, 1.165) is 30.0 Å². The fraction of sp³-hybridized carbons (Fsp3) is 0.400. The summed E-state index contributed by atoms with van der Waals surface area (Å²) in [5, 5.41) is 13.8. The summed E-state index contributed by atoms with van der Waals surface area (Å²) in [6.07, 6.45) is 5.07. The van der Waals surface area contributed by atoms with Crippen LogP contribution >= 0.6 is 11.3 Å². The quantitative estimate of drug-likeness (QED) is 0.574. The first-order valence-electron chi connectivity index (χ1n) is 4.73. The molecule has 0 aliphatic heterocycles. The van der Waals surface area contributed by atoms with Gasteiger partial charge in [0.15, 0.2) is 0 Å². The minimum Gasteiger partial charge on any atom is -0.476 e. The second-order valence-corrected chi connectivity index (χ2v) is 3.84. The summed E-state index contributed by atoms with van der Waals surface area (Å²) in [6, 6.07) is 0. The number of aromatic carboxylic acids is 1. The second kappa shape index (κ2) is 6.31. The van der Waals surface area contributed by atoms with Crippen molar-refractivity contribution in [2.45, 2.75) is 19.9 Å². The van der Waals surface area contributed by atoms with Crippen LogP contribution in [-0.4, -0.2) is 22.6 Å². The Balaban J connectivity index is 2.28. The molecule has 2 N–H and O–H groups in total. The Morgan fingerprint density at radius 3 is 3.13 bits per heavy atom. The molecule has 1 aromatic rings. The SMILES string of the molecule is C/C=C/CCNCc1csc(C(=O)O)n1. The molecule has 1 aromatic heterocycles. The Kier molecular flexibility index (Phi) is 5.00. The molecule has 0 amide bonds. The average Bonchev–Trinajstić information content (AvgIpc) is 2.66. The zero-order valence-corrected chi connectivity index (χ0v) is 9.38. The van der Waals surface area contributed by atoms with Crippen molar-refractivity contribution in [1.29, 1.82) is 0 Å². The van der Waals surface area contributed by atoms with Crippen molar-refractivity contribution in [2.75, 3.05) is 6.54 Å². The summed E-state index contributed by atoms with van der Waals surface area (Å²) in [5.41, 5.74) is 0.790. The van der Waals surface area contributed by atoms with Crippen LogP contribution in [0, 0.1) is 0 Å². The van der Waals surface area contributed by atoms with Crippen LogP contribution in [0.25, 0.3) is 0 Å². The van der Waals surface area contributed by atoms with E-state index in [1.165, 1.54) is 0 Å². The van der Waals surface area contributed by atoms with Crippen LogP contribution in [0.2, 0.25) is 0 Å². The summed E-state index contributed by atoms with van der Waals surface area (Å²) >= 11 is 1.16. The fourth-order valence-corrected chi connectivity index (χ4v) is 1.71. The third kappa shape index (κ3) is 4.22. The smallest absolute Gasteiger partial charge is 0.365 e. The summed E-state index contributed by atoms with van der Waals surface area (Å²) < 4.78 is 0. The molecule has 0 radical (unpaired) electrons. The Bertz CT molecular complexity index is 347. The first-order chi connectivity index (χ1) is 7.24. The minimum atomic E-state index is -0.958. The van der Waals surface area contributed by atoms with Gasteiger partial charge in [0, 0.05) is 11.9 Å². The highest BCUT2D eigenvalue weighted by Crippen LogP contribution is 2.08. The maximum atomic E-state index is 10.5. The molecule has 0 aliphatic rings. The third-order valence-electron chi connectivity index (χ3n) is 1.76. The first-order valence-corrected chi connectivity index (χ1v) is 5.61. The van der Waals surface area contributed by atoms with Crippen LogP contribution in [0.1, 0.15) is 28.8 Å². The number of nitrogens with zero attached hydrogens (tertiary/aromatic N) is 1. The van der Waals surface area contributed by atoms with Gasteiger partial charge in [-0.3, -0.25) is 0 Å². The van der Waals surface area contributed by atoms with Crippen LogP contribution in [0.3, 0.4) is 0 Å². The van der Waals surface area contributed by atoms with Crippen molar-refractivity contribution in [2.24, 2.45) is 0 Å². The fourth-order valence-electron chi connectivity index (χ4n) is 1.05. The Labute approximate surface area is 92.7 Å².